The Bertz CT molecular complexity index is 599. The number of nitrogens with one attached hydrogen (secondary N) is 1. The first kappa shape index (κ1) is 17.3. The molecule has 124 valence electrons. The Hall–Kier alpha value is -2.04. The third-order valence-corrected chi connectivity index (χ3v) is 3.86. The molecule has 0 fully saturated rings. The van der Waals surface area contributed by atoms with E-state index >= 15 is 0 Å². The minimum atomic E-state index is -0.341. The zero-order chi connectivity index (χ0) is 16.7. The quantitative estimate of drug-likeness (QED) is 0.701. The van der Waals surface area contributed by atoms with Crippen LogP contribution in [0.15, 0.2) is 48.5 Å². The molecule has 2 aromatic carbocycles. The monoisotopic (exact) mass is 315 g/mol. The highest BCUT2D eigenvalue weighted by molar-refractivity contribution is 5.41. The molecule has 0 aromatic heterocycles. The first-order valence-electron chi connectivity index (χ1n) is 7.89. The van der Waals surface area contributed by atoms with Crippen LogP contribution in [-0.2, 0) is 6.54 Å². The molecule has 2 aromatic rings. The van der Waals surface area contributed by atoms with Crippen LogP contribution >= 0.6 is 0 Å². The standard InChI is InChI=1S/C19H25NO3/c1-14(21)10-17(16-6-4-3-5-7-16)13-20-12-15-8-9-19(23-2)18(22)11-15/h3-9,11,14,17,20-22H,10,12-13H2,1-2H3. The minimum Gasteiger partial charge on any atom is -0.504 e. The van der Waals surface area contributed by atoms with E-state index in [0.717, 1.165) is 12.1 Å². The van der Waals surface area contributed by atoms with Gasteiger partial charge in [0.1, 0.15) is 0 Å². The second kappa shape index (κ2) is 8.56. The molecule has 2 atom stereocenters. The van der Waals surface area contributed by atoms with Gasteiger partial charge in [0, 0.05) is 13.1 Å². The summed E-state index contributed by atoms with van der Waals surface area (Å²) in [6, 6.07) is 15.6. The molecule has 0 aliphatic carbocycles. The van der Waals surface area contributed by atoms with Crippen molar-refractivity contribution >= 4 is 0 Å². The van der Waals surface area contributed by atoms with Crippen LogP contribution in [0.3, 0.4) is 0 Å². The number of phenolic OH excluding ortho intramolecular Hbond substituents is 1. The van der Waals surface area contributed by atoms with Crippen LogP contribution in [0.4, 0.5) is 0 Å². The number of aromatic hydroxyl groups is 1. The van der Waals surface area contributed by atoms with Crippen LogP contribution in [0, 0.1) is 0 Å². The molecule has 4 nitrogen and oxygen atoms in total. The van der Waals surface area contributed by atoms with E-state index in [9.17, 15) is 10.2 Å². The van der Waals surface area contributed by atoms with Gasteiger partial charge in [0.2, 0.25) is 0 Å². The maximum absolute atomic E-state index is 9.81. The smallest absolute Gasteiger partial charge is 0.160 e. The minimum absolute atomic E-state index is 0.149. The molecule has 0 aliphatic heterocycles. The Morgan fingerprint density at radius 2 is 1.87 bits per heavy atom. The Balaban J connectivity index is 1.95. The molecule has 0 saturated carbocycles. The summed E-state index contributed by atoms with van der Waals surface area (Å²) in [4.78, 5) is 0. The fourth-order valence-corrected chi connectivity index (χ4v) is 2.71. The second-order valence-electron chi connectivity index (χ2n) is 5.83. The molecule has 2 unspecified atom stereocenters. The van der Waals surface area contributed by atoms with Crippen LogP contribution < -0.4 is 10.1 Å². The summed E-state index contributed by atoms with van der Waals surface area (Å²) >= 11 is 0. The van der Waals surface area contributed by atoms with Gasteiger partial charge in [-0.1, -0.05) is 36.4 Å². The van der Waals surface area contributed by atoms with Gasteiger partial charge in [0.25, 0.3) is 0 Å². The van der Waals surface area contributed by atoms with Crippen molar-refractivity contribution in [1.82, 2.24) is 5.32 Å². The number of rotatable bonds is 8. The van der Waals surface area contributed by atoms with Crippen LogP contribution in [0.5, 0.6) is 11.5 Å². The average molecular weight is 315 g/mol. The lowest BCUT2D eigenvalue weighted by Crippen LogP contribution is -2.23. The molecule has 4 heteroatoms. The van der Waals surface area contributed by atoms with Gasteiger partial charge in [-0.25, -0.2) is 0 Å². The fraction of sp³-hybridized carbons (Fsp3) is 0.368. The summed E-state index contributed by atoms with van der Waals surface area (Å²) < 4.78 is 5.05. The third-order valence-electron chi connectivity index (χ3n) is 3.86. The summed E-state index contributed by atoms with van der Waals surface area (Å²) in [6.45, 7) is 3.24. The Labute approximate surface area is 137 Å². The molecule has 0 amide bonds. The average Bonchev–Trinajstić information content (AvgIpc) is 2.54. The number of phenols is 1. The lowest BCUT2D eigenvalue weighted by molar-refractivity contribution is 0.173. The Morgan fingerprint density at radius 1 is 1.13 bits per heavy atom. The summed E-state index contributed by atoms with van der Waals surface area (Å²) in [7, 11) is 1.54. The maximum atomic E-state index is 9.81. The maximum Gasteiger partial charge on any atom is 0.160 e. The second-order valence-corrected chi connectivity index (χ2v) is 5.83. The zero-order valence-electron chi connectivity index (χ0n) is 13.7. The fourth-order valence-electron chi connectivity index (χ4n) is 2.71. The zero-order valence-corrected chi connectivity index (χ0v) is 13.7. The van der Waals surface area contributed by atoms with Crippen molar-refractivity contribution in [3.63, 3.8) is 0 Å². The molecule has 0 spiro atoms. The summed E-state index contributed by atoms with van der Waals surface area (Å²) in [6.07, 6.45) is 0.372. The number of aliphatic hydroxyl groups is 1. The number of benzene rings is 2. The Kier molecular flexibility index (Phi) is 6.44. The topological polar surface area (TPSA) is 61.7 Å². The van der Waals surface area contributed by atoms with Crippen LogP contribution in [0.25, 0.3) is 0 Å². The van der Waals surface area contributed by atoms with Crippen molar-refractivity contribution < 1.29 is 14.9 Å². The highest BCUT2D eigenvalue weighted by atomic mass is 16.5. The Morgan fingerprint density at radius 3 is 2.48 bits per heavy atom. The summed E-state index contributed by atoms with van der Waals surface area (Å²) in [5.74, 6) is 0.878. The van der Waals surface area contributed by atoms with Gasteiger partial charge in [0.05, 0.1) is 13.2 Å². The lowest BCUT2D eigenvalue weighted by Gasteiger charge is -2.20. The molecular formula is C19H25NO3. The molecule has 0 saturated heterocycles. The van der Waals surface area contributed by atoms with Crippen molar-refractivity contribution in [2.75, 3.05) is 13.7 Å². The van der Waals surface area contributed by atoms with Gasteiger partial charge in [-0.15, -0.1) is 0 Å². The number of hydrogen-bond acceptors (Lipinski definition) is 4. The van der Waals surface area contributed by atoms with Gasteiger partial charge < -0.3 is 20.3 Å². The van der Waals surface area contributed by atoms with Crippen molar-refractivity contribution in [3.05, 3.63) is 59.7 Å². The van der Waals surface area contributed by atoms with E-state index in [2.05, 4.69) is 17.4 Å². The molecule has 0 heterocycles. The van der Waals surface area contributed by atoms with Crippen molar-refractivity contribution in [2.24, 2.45) is 0 Å². The van der Waals surface area contributed by atoms with E-state index in [0.29, 0.717) is 18.7 Å². The SMILES string of the molecule is COc1ccc(CNCC(CC(C)O)c2ccccc2)cc1O. The summed E-state index contributed by atoms with van der Waals surface area (Å²) in [5.41, 5.74) is 2.21. The van der Waals surface area contributed by atoms with E-state index in [1.165, 1.54) is 12.7 Å². The first-order valence-corrected chi connectivity index (χ1v) is 7.89. The van der Waals surface area contributed by atoms with Crippen LogP contribution in [0.1, 0.15) is 30.4 Å². The molecule has 0 aliphatic rings. The van der Waals surface area contributed by atoms with E-state index in [-0.39, 0.29) is 17.8 Å². The highest BCUT2D eigenvalue weighted by Crippen LogP contribution is 2.26. The van der Waals surface area contributed by atoms with Crippen molar-refractivity contribution in [1.29, 1.82) is 0 Å². The summed E-state index contributed by atoms with van der Waals surface area (Å²) in [5, 5.41) is 22.9. The highest BCUT2D eigenvalue weighted by Gasteiger charge is 2.14. The largest absolute Gasteiger partial charge is 0.504 e. The number of methoxy groups -OCH3 is 1. The number of hydrogen-bond donors (Lipinski definition) is 3. The van der Waals surface area contributed by atoms with Gasteiger partial charge in [0.15, 0.2) is 11.5 Å². The molecular weight excluding hydrogens is 290 g/mol. The molecule has 0 bridgehead atoms. The van der Waals surface area contributed by atoms with Crippen molar-refractivity contribution in [2.45, 2.75) is 31.9 Å². The van der Waals surface area contributed by atoms with Crippen LogP contribution in [0.2, 0.25) is 0 Å². The lowest BCUT2D eigenvalue weighted by atomic mass is 9.93. The van der Waals surface area contributed by atoms with Gasteiger partial charge in [-0.3, -0.25) is 0 Å². The predicted molar refractivity (Wildman–Crippen MR) is 91.8 cm³/mol. The number of ether oxygens (including phenoxy) is 1. The molecule has 23 heavy (non-hydrogen) atoms. The molecule has 0 radical (unpaired) electrons. The van der Waals surface area contributed by atoms with E-state index in [1.54, 1.807) is 12.1 Å². The van der Waals surface area contributed by atoms with Crippen LogP contribution in [-0.4, -0.2) is 30.0 Å². The van der Waals surface area contributed by atoms with Gasteiger partial charge in [-0.2, -0.15) is 0 Å². The van der Waals surface area contributed by atoms with E-state index in [4.69, 9.17) is 4.74 Å². The third kappa shape index (κ3) is 5.27. The molecule has 3 N–H and O–H groups in total. The predicted octanol–water partition coefficient (Wildman–Crippen LogP) is 3.05. The van der Waals surface area contributed by atoms with Gasteiger partial charge >= 0.3 is 0 Å². The van der Waals surface area contributed by atoms with Gasteiger partial charge in [-0.05, 0) is 42.5 Å². The van der Waals surface area contributed by atoms with E-state index in [1.807, 2.05) is 31.2 Å². The van der Waals surface area contributed by atoms with Crippen molar-refractivity contribution in [3.8, 4) is 11.5 Å². The van der Waals surface area contributed by atoms with E-state index < -0.39 is 0 Å². The molecule has 2 rings (SSSR count). The normalized spacial score (nSPS) is 13.5. The first-order chi connectivity index (χ1) is 11.1. The number of aliphatic hydroxyl groups excluding tert-OH is 1.